The third-order valence-corrected chi connectivity index (χ3v) is 6.28. The molecule has 0 aromatic rings. The van der Waals surface area contributed by atoms with Gasteiger partial charge in [-0.3, -0.25) is 29.4 Å². The van der Waals surface area contributed by atoms with Crippen molar-refractivity contribution in [3.05, 3.63) is 0 Å². The molecule has 0 aliphatic carbocycles. The summed E-state index contributed by atoms with van der Waals surface area (Å²) in [6, 6.07) is -4.39. The molecule has 5 unspecified atom stereocenters. The number of nitrogens with one attached hydrogen (secondary N) is 3. The second-order valence-electron chi connectivity index (χ2n) is 9.78. The normalized spacial score (nSPS) is 14.2. The minimum absolute atomic E-state index is 0.0312. The van der Waals surface area contributed by atoms with Crippen LogP contribution in [0.4, 0.5) is 0 Å². The minimum Gasteiger partial charge on any atom is -0.480 e. The molecule has 18 N–H and O–H groups in total. The summed E-state index contributed by atoms with van der Waals surface area (Å²) in [5.74, 6) is -3.79. The first-order valence-electron chi connectivity index (χ1n) is 13.7. The maximum absolute atomic E-state index is 13.4. The zero-order valence-electron chi connectivity index (χ0n) is 24.4. The molecule has 0 rings (SSSR count). The highest BCUT2D eigenvalue weighted by atomic mass is 16.4. The van der Waals surface area contributed by atoms with Gasteiger partial charge in [-0.25, -0.2) is 4.79 Å². The first kappa shape index (κ1) is 37.6. The predicted octanol–water partition coefficient (Wildman–Crippen LogP) is -3.94. The summed E-state index contributed by atoms with van der Waals surface area (Å²) >= 11 is 0. The third kappa shape index (κ3) is 16.7. The fraction of sp³-hybridized carbons (Fsp3) is 0.708. The average Bonchev–Trinajstić information content (AvgIpc) is 2.91. The monoisotopic (exact) mass is 599 g/mol. The highest BCUT2D eigenvalue weighted by Crippen LogP contribution is 2.09. The van der Waals surface area contributed by atoms with Crippen LogP contribution in [0.3, 0.4) is 0 Å². The lowest BCUT2D eigenvalue weighted by molar-refractivity contribution is -0.142. The van der Waals surface area contributed by atoms with Gasteiger partial charge in [0.15, 0.2) is 17.9 Å². The van der Waals surface area contributed by atoms with Gasteiger partial charge in [-0.15, -0.1) is 0 Å². The molecule has 240 valence electrons. The van der Waals surface area contributed by atoms with E-state index in [0.29, 0.717) is 12.8 Å². The molecule has 18 heteroatoms. The molecule has 0 heterocycles. The Balaban J connectivity index is 5.81. The fourth-order valence-corrected chi connectivity index (χ4v) is 3.63. The SMILES string of the molecule is CCC(C)C(N)C(=O)NC(CCCN=C(N)N)C(=O)NC(CCCN=C(N)N)C(=O)NC(CCCN=C(N)N)C(=O)O. The number of amides is 3. The molecule has 0 bridgehead atoms. The Morgan fingerprint density at radius 2 is 0.976 bits per heavy atom. The number of hydrogen-bond donors (Lipinski definition) is 11. The van der Waals surface area contributed by atoms with Gasteiger partial charge in [0.05, 0.1) is 6.04 Å². The van der Waals surface area contributed by atoms with Crippen LogP contribution in [0.25, 0.3) is 0 Å². The zero-order valence-corrected chi connectivity index (χ0v) is 24.4. The maximum Gasteiger partial charge on any atom is 0.326 e. The lowest BCUT2D eigenvalue weighted by Crippen LogP contribution is -2.57. The van der Waals surface area contributed by atoms with Crippen molar-refractivity contribution in [2.24, 2.45) is 61.0 Å². The van der Waals surface area contributed by atoms with Gasteiger partial charge in [-0.2, -0.15) is 0 Å². The molecule has 0 radical (unpaired) electrons. The van der Waals surface area contributed by atoms with E-state index >= 15 is 0 Å². The average molecular weight is 600 g/mol. The fourth-order valence-electron chi connectivity index (χ4n) is 3.63. The molecule has 0 aliphatic rings. The highest BCUT2D eigenvalue weighted by molar-refractivity contribution is 5.94. The number of aliphatic carboxylic acids is 1. The maximum atomic E-state index is 13.4. The van der Waals surface area contributed by atoms with Crippen LogP contribution in [0.15, 0.2) is 15.0 Å². The topological polar surface area (TPSA) is 344 Å². The largest absolute Gasteiger partial charge is 0.480 e. The number of carbonyl (C=O) groups excluding carboxylic acids is 3. The van der Waals surface area contributed by atoms with Crippen molar-refractivity contribution in [2.75, 3.05) is 19.6 Å². The number of rotatable bonds is 21. The molecule has 0 aliphatic heterocycles. The molecular formula is C24H49N13O5. The van der Waals surface area contributed by atoms with E-state index in [1.807, 2.05) is 13.8 Å². The Labute approximate surface area is 245 Å². The minimum atomic E-state index is -1.28. The number of guanidine groups is 3. The Kier molecular flexibility index (Phi) is 18.4. The van der Waals surface area contributed by atoms with E-state index in [-0.39, 0.29) is 75.5 Å². The van der Waals surface area contributed by atoms with Gasteiger partial charge >= 0.3 is 5.97 Å². The van der Waals surface area contributed by atoms with Crippen molar-refractivity contribution in [3.63, 3.8) is 0 Å². The molecule has 42 heavy (non-hydrogen) atoms. The van der Waals surface area contributed by atoms with Crippen molar-refractivity contribution >= 4 is 41.6 Å². The zero-order chi connectivity index (χ0) is 32.2. The van der Waals surface area contributed by atoms with Crippen molar-refractivity contribution in [1.82, 2.24) is 16.0 Å². The van der Waals surface area contributed by atoms with Gasteiger partial charge in [-0.05, 0) is 44.4 Å². The Morgan fingerprint density at radius 3 is 1.31 bits per heavy atom. The molecule has 0 saturated carbocycles. The number of carboxylic acids is 1. The van der Waals surface area contributed by atoms with Gasteiger partial charge in [-0.1, -0.05) is 20.3 Å². The summed E-state index contributed by atoms with van der Waals surface area (Å²) < 4.78 is 0. The third-order valence-electron chi connectivity index (χ3n) is 6.28. The number of aliphatic imine (C=N–C) groups is 3. The first-order valence-corrected chi connectivity index (χ1v) is 13.7. The van der Waals surface area contributed by atoms with E-state index < -0.39 is 47.9 Å². The second-order valence-corrected chi connectivity index (χ2v) is 9.78. The van der Waals surface area contributed by atoms with Crippen molar-refractivity contribution in [3.8, 4) is 0 Å². The number of nitrogens with zero attached hydrogens (tertiary/aromatic N) is 3. The summed E-state index contributed by atoms with van der Waals surface area (Å²) in [5.41, 5.74) is 38.0. The Bertz CT molecular complexity index is 960. The van der Waals surface area contributed by atoms with Gasteiger partial charge < -0.3 is 61.2 Å². The van der Waals surface area contributed by atoms with Gasteiger partial charge in [0.2, 0.25) is 17.7 Å². The van der Waals surface area contributed by atoms with Crippen LogP contribution in [-0.4, -0.2) is 90.5 Å². The lowest BCUT2D eigenvalue weighted by atomic mass is 9.98. The summed E-state index contributed by atoms with van der Waals surface area (Å²) in [5, 5.41) is 17.3. The lowest BCUT2D eigenvalue weighted by Gasteiger charge is -2.26. The van der Waals surface area contributed by atoms with Crippen molar-refractivity contribution in [2.45, 2.75) is 83.0 Å². The molecule has 0 aromatic heterocycles. The van der Waals surface area contributed by atoms with Crippen LogP contribution < -0.4 is 56.1 Å². The van der Waals surface area contributed by atoms with E-state index in [4.69, 9.17) is 40.1 Å². The van der Waals surface area contributed by atoms with E-state index in [1.54, 1.807) is 0 Å². The first-order chi connectivity index (χ1) is 19.7. The van der Waals surface area contributed by atoms with Crippen LogP contribution in [-0.2, 0) is 19.2 Å². The van der Waals surface area contributed by atoms with Gasteiger partial charge in [0, 0.05) is 19.6 Å². The summed E-state index contributed by atoms with van der Waals surface area (Å²) in [6.45, 7) is 4.22. The molecule has 18 nitrogen and oxygen atoms in total. The molecule has 5 atom stereocenters. The standard InChI is InChI=1S/C24H49N13O5/c1-3-13(2)17(25)20(40)36-15(8-5-11-33-23(28)29)18(38)35-14(7-4-10-32-22(26)27)19(39)37-16(21(41)42)9-6-12-34-24(30)31/h13-17H,3-12,25H2,1-2H3,(H,35,38)(H,36,40)(H,37,39)(H,41,42)(H4,26,27,32)(H4,28,29,33)(H4,30,31,34). The second kappa shape index (κ2) is 20.5. The highest BCUT2D eigenvalue weighted by Gasteiger charge is 2.30. The van der Waals surface area contributed by atoms with Crippen LogP contribution in [0, 0.1) is 5.92 Å². The van der Waals surface area contributed by atoms with Crippen molar-refractivity contribution < 1.29 is 24.3 Å². The van der Waals surface area contributed by atoms with E-state index in [0.717, 1.165) is 0 Å². The number of carbonyl (C=O) groups is 4. The van der Waals surface area contributed by atoms with Crippen LogP contribution >= 0.6 is 0 Å². The van der Waals surface area contributed by atoms with Gasteiger partial charge in [0.1, 0.15) is 18.1 Å². The summed E-state index contributed by atoms with van der Waals surface area (Å²) in [7, 11) is 0. The summed E-state index contributed by atoms with van der Waals surface area (Å²) in [4.78, 5) is 62.7. The molecule has 0 saturated heterocycles. The van der Waals surface area contributed by atoms with E-state index in [1.165, 1.54) is 0 Å². The predicted molar refractivity (Wildman–Crippen MR) is 161 cm³/mol. The van der Waals surface area contributed by atoms with E-state index in [2.05, 4.69) is 30.9 Å². The molecular weight excluding hydrogens is 550 g/mol. The van der Waals surface area contributed by atoms with Crippen LogP contribution in [0.2, 0.25) is 0 Å². The van der Waals surface area contributed by atoms with Crippen molar-refractivity contribution in [1.29, 1.82) is 0 Å². The van der Waals surface area contributed by atoms with Crippen LogP contribution in [0.5, 0.6) is 0 Å². The molecule has 0 spiro atoms. The number of carboxylic acid groups (broad SMARTS) is 1. The smallest absolute Gasteiger partial charge is 0.326 e. The number of hydrogen-bond acceptors (Lipinski definition) is 8. The Morgan fingerprint density at radius 1 is 0.643 bits per heavy atom. The van der Waals surface area contributed by atoms with Crippen LogP contribution in [0.1, 0.15) is 58.8 Å². The molecule has 3 amide bonds. The number of nitrogens with two attached hydrogens (primary N) is 7. The Hall–Kier alpha value is -4.35. The molecule has 0 aromatic carbocycles. The molecule has 0 fully saturated rings. The van der Waals surface area contributed by atoms with E-state index in [9.17, 15) is 24.3 Å². The quantitative estimate of drug-likeness (QED) is 0.0342. The summed E-state index contributed by atoms with van der Waals surface area (Å²) in [6.07, 6.45) is 1.75. The van der Waals surface area contributed by atoms with Gasteiger partial charge in [0.25, 0.3) is 0 Å².